The van der Waals surface area contributed by atoms with Crippen molar-refractivity contribution < 1.29 is 70.8 Å². The number of hydrogen-bond acceptors (Lipinski definition) is 15. The van der Waals surface area contributed by atoms with Gasteiger partial charge in [0, 0.05) is 34.6 Å². The summed E-state index contributed by atoms with van der Waals surface area (Å²) in [4.78, 5) is 73.5. The van der Waals surface area contributed by atoms with Crippen molar-refractivity contribution >= 4 is 44.4 Å². The van der Waals surface area contributed by atoms with Gasteiger partial charge in [0.05, 0.1) is 32.8 Å². The Bertz CT molecular complexity index is 940. The lowest BCUT2D eigenvalue weighted by atomic mass is 9.88. The van der Waals surface area contributed by atoms with E-state index in [0.29, 0.717) is 0 Å². The highest BCUT2D eigenvalue weighted by Crippen LogP contribution is 2.49. The number of ether oxygens (including phenoxy) is 6. The first-order valence-electron chi connectivity index (χ1n) is 12.6. The van der Waals surface area contributed by atoms with Gasteiger partial charge in [0.15, 0.2) is 12.2 Å². The summed E-state index contributed by atoms with van der Waals surface area (Å²) in [5, 5.41) is 2.57. The van der Waals surface area contributed by atoms with Gasteiger partial charge in [-0.3, -0.25) is 28.5 Å². The third-order valence-electron chi connectivity index (χ3n) is 5.19. The summed E-state index contributed by atoms with van der Waals surface area (Å²) in [6.07, 6.45) is -6.72. The van der Waals surface area contributed by atoms with Crippen LogP contribution in [-0.4, -0.2) is 98.9 Å². The molecule has 1 heterocycles. The van der Waals surface area contributed by atoms with Gasteiger partial charge in [-0.25, -0.2) is 4.79 Å². The minimum absolute atomic E-state index is 0.112. The van der Waals surface area contributed by atoms with E-state index in [1.807, 2.05) is 0 Å². The molecular weight excluding hydrogens is 573 g/mol. The number of carbonyl (C=O) groups excluding carboxylic acids is 6. The third kappa shape index (κ3) is 11.5. The maximum absolute atomic E-state index is 13.3. The van der Waals surface area contributed by atoms with Gasteiger partial charge < -0.3 is 42.8 Å². The molecule has 16 nitrogen and oxygen atoms in total. The van der Waals surface area contributed by atoms with Crippen LogP contribution in [0.4, 0.5) is 0 Å². The Balaban J connectivity index is 3.90. The van der Waals surface area contributed by atoms with Crippen molar-refractivity contribution in [3.8, 4) is 0 Å². The predicted molar refractivity (Wildman–Crippen MR) is 136 cm³/mol. The molecular formula is C24H38NO15P. The topological polar surface area (TPSA) is 198 Å². The highest BCUT2D eigenvalue weighted by molar-refractivity contribution is 7.41. The lowest BCUT2D eigenvalue weighted by Crippen LogP contribution is -2.69. The summed E-state index contributed by atoms with van der Waals surface area (Å²) >= 11 is 0. The quantitative estimate of drug-likeness (QED) is 0.155. The molecule has 234 valence electrons. The van der Waals surface area contributed by atoms with Gasteiger partial charge in [-0.15, -0.1) is 0 Å². The lowest BCUT2D eigenvalue weighted by molar-refractivity contribution is -0.291. The zero-order valence-electron chi connectivity index (χ0n) is 24.3. The second-order valence-electron chi connectivity index (χ2n) is 8.58. The average Bonchev–Trinajstić information content (AvgIpc) is 2.85. The standard InChI is InChI=1S/C24H38NO15P/c1-9-34-41(35-10-2)40-24(23(31)32-8)11-18(36-15(5)28)20(25-13(3)26)22(39-24)21(38-17(7)30)19(37-16(6)29)12-33-14(4)27/h18-22H,9-12H2,1-8H3,(H,25,26)/t18-,19+,20+,21+,22+,24+/m0/s1. The van der Waals surface area contributed by atoms with Crippen molar-refractivity contribution in [2.24, 2.45) is 0 Å². The fourth-order valence-corrected chi connectivity index (χ4v) is 4.95. The number of hydrogen-bond donors (Lipinski definition) is 1. The van der Waals surface area contributed by atoms with Crippen molar-refractivity contribution in [3.63, 3.8) is 0 Å². The van der Waals surface area contributed by atoms with Gasteiger partial charge in [-0.1, -0.05) is 0 Å². The zero-order chi connectivity index (χ0) is 31.3. The summed E-state index contributed by atoms with van der Waals surface area (Å²) in [6.45, 7) is 8.35. The van der Waals surface area contributed by atoms with Crippen LogP contribution in [0.25, 0.3) is 0 Å². The minimum atomic E-state index is -2.41. The molecule has 1 amide bonds. The van der Waals surface area contributed by atoms with E-state index in [-0.39, 0.29) is 13.2 Å². The molecule has 0 bridgehead atoms. The van der Waals surface area contributed by atoms with E-state index in [0.717, 1.165) is 41.7 Å². The second kappa shape index (κ2) is 17.1. The molecule has 6 atom stereocenters. The highest BCUT2D eigenvalue weighted by atomic mass is 31.2. The molecule has 1 rings (SSSR count). The number of nitrogens with one attached hydrogen (secondary N) is 1. The van der Waals surface area contributed by atoms with Crippen LogP contribution >= 0.6 is 8.60 Å². The molecule has 1 N–H and O–H groups in total. The number of rotatable bonds is 15. The molecule has 0 saturated carbocycles. The molecule has 1 saturated heterocycles. The molecule has 1 fully saturated rings. The molecule has 41 heavy (non-hydrogen) atoms. The zero-order valence-corrected chi connectivity index (χ0v) is 25.2. The van der Waals surface area contributed by atoms with E-state index in [4.69, 9.17) is 42.0 Å². The third-order valence-corrected chi connectivity index (χ3v) is 6.57. The molecule has 1 aliphatic heterocycles. The number of carbonyl (C=O) groups is 6. The monoisotopic (exact) mass is 611 g/mol. The van der Waals surface area contributed by atoms with Crippen LogP contribution in [0, 0.1) is 0 Å². The van der Waals surface area contributed by atoms with Crippen LogP contribution in [-0.2, 0) is 70.8 Å². The summed E-state index contributed by atoms with van der Waals surface area (Å²) in [6, 6.07) is -1.32. The van der Waals surface area contributed by atoms with Crippen molar-refractivity contribution in [2.75, 3.05) is 26.9 Å². The summed E-state index contributed by atoms with van der Waals surface area (Å²) in [7, 11) is -1.21. The van der Waals surface area contributed by atoms with Crippen molar-refractivity contribution in [3.05, 3.63) is 0 Å². The predicted octanol–water partition coefficient (Wildman–Crippen LogP) is 0.824. The van der Waals surface area contributed by atoms with E-state index in [2.05, 4.69) is 5.32 Å². The molecule has 17 heteroatoms. The Morgan fingerprint density at radius 2 is 1.49 bits per heavy atom. The van der Waals surface area contributed by atoms with Crippen molar-refractivity contribution in [1.29, 1.82) is 0 Å². The molecule has 0 unspecified atom stereocenters. The first-order chi connectivity index (χ1) is 19.2. The van der Waals surface area contributed by atoms with Gasteiger partial charge >= 0.3 is 38.4 Å². The molecule has 0 radical (unpaired) electrons. The fourth-order valence-electron chi connectivity index (χ4n) is 3.91. The van der Waals surface area contributed by atoms with Gasteiger partial charge in [0.1, 0.15) is 18.8 Å². The van der Waals surface area contributed by atoms with E-state index >= 15 is 0 Å². The Hall–Kier alpha value is -2.91. The summed E-state index contributed by atoms with van der Waals surface area (Å²) in [5.41, 5.74) is 0. The van der Waals surface area contributed by atoms with E-state index in [1.54, 1.807) is 13.8 Å². The van der Waals surface area contributed by atoms with Crippen LogP contribution in [0.1, 0.15) is 54.9 Å². The highest BCUT2D eigenvalue weighted by Gasteiger charge is 2.60. The van der Waals surface area contributed by atoms with Gasteiger partial charge in [-0.05, 0) is 13.8 Å². The van der Waals surface area contributed by atoms with Crippen molar-refractivity contribution in [2.45, 2.75) is 91.1 Å². The SMILES string of the molecule is CCOP(OCC)O[C@@]1(C(=O)OC)C[C@H](OC(C)=O)[C@@H](NC(C)=O)[C@H]([C@H](OC(C)=O)[C@@H](COC(C)=O)OC(C)=O)O1. The average molecular weight is 612 g/mol. The molecule has 0 aromatic heterocycles. The first kappa shape index (κ1) is 36.1. The van der Waals surface area contributed by atoms with E-state index in [9.17, 15) is 28.8 Å². The second-order valence-corrected chi connectivity index (χ2v) is 9.73. The maximum Gasteiger partial charge on any atom is 0.367 e. The molecule has 0 aromatic carbocycles. The van der Waals surface area contributed by atoms with Crippen LogP contribution in [0.15, 0.2) is 0 Å². The van der Waals surface area contributed by atoms with E-state index < -0.39 is 93.6 Å². The number of amides is 1. The fraction of sp³-hybridized carbons (Fsp3) is 0.750. The minimum Gasteiger partial charge on any atom is -0.465 e. The number of methoxy groups -OCH3 is 1. The molecule has 0 aromatic rings. The largest absolute Gasteiger partial charge is 0.465 e. The molecule has 0 aliphatic carbocycles. The van der Waals surface area contributed by atoms with E-state index in [1.165, 1.54) is 0 Å². The lowest BCUT2D eigenvalue weighted by Gasteiger charge is -2.48. The van der Waals surface area contributed by atoms with Gasteiger partial charge in [0.25, 0.3) is 5.79 Å². The van der Waals surface area contributed by atoms with Crippen LogP contribution in [0.2, 0.25) is 0 Å². The van der Waals surface area contributed by atoms with Gasteiger partial charge in [-0.2, -0.15) is 0 Å². The first-order valence-corrected chi connectivity index (χ1v) is 13.7. The van der Waals surface area contributed by atoms with Crippen LogP contribution < -0.4 is 5.32 Å². The maximum atomic E-state index is 13.3. The Morgan fingerprint density at radius 1 is 0.902 bits per heavy atom. The Labute approximate surface area is 238 Å². The van der Waals surface area contributed by atoms with Gasteiger partial charge in [0.2, 0.25) is 5.91 Å². The smallest absolute Gasteiger partial charge is 0.367 e. The van der Waals surface area contributed by atoms with Crippen molar-refractivity contribution in [1.82, 2.24) is 5.32 Å². The Morgan fingerprint density at radius 3 is 1.93 bits per heavy atom. The molecule has 1 aliphatic rings. The van der Waals surface area contributed by atoms with Crippen LogP contribution in [0.5, 0.6) is 0 Å². The molecule has 0 spiro atoms. The van der Waals surface area contributed by atoms with Crippen LogP contribution in [0.3, 0.4) is 0 Å². The number of esters is 5. The summed E-state index contributed by atoms with van der Waals surface area (Å²) in [5.74, 6) is -7.45. The summed E-state index contributed by atoms with van der Waals surface area (Å²) < 4.78 is 49.2. The normalized spacial score (nSPS) is 23.5. The Kier molecular flexibility index (Phi) is 15.1.